The van der Waals surface area contributed by atoms with Gasteiger partial charge in [-0.05, 0) is 13.0 Å². The van der Waals surface area contributed by atoms with Crippen molar-refractivity contribution in [3.63, 3.8) is 0 Å². The number of nitrogens with zero attached hydrogens (tertiary/aromatic N) is 5. The highest BCUT2D eigenvalue weighted by molar-refractivity contribution is 5.78. The van der Waals surface area contributed by atoms with Crippen LogP contribution in [0.4, 0.5) is 5.69 Å². The van der Waals surface area contributed by atoms with Crippen molar-refractivity contribution >= 4 is 16.7 Å². The minimum Gasteiger partial charge on any atom is -0.335 e. The number of aryl methyl sites for hydroxylation is 4. The van der Waals surface area contributed by atoms with Crippen LogP contribution in [0.5, 0.6) is 0 Å². The highest BCUT2D eigenvalue weighted by atomic mass is 16.6. The first-order chi connectivity index (χ1) is 10.1. The minimum atomic E-state index is -0.400. The van der Waals surface area contributed by atoms with Gasteiger partial charge in [-0.25, -0.2) is 9.97 Å². The Hall–Kier alpha value is -2.70. The maximum absolute atomic E-state index is 10.8. The van der Waals surface area contributed by atoms with Crippen molar-refractivity contribution in [1.82, 2.24) is 19.1 Å². The Bertz CT molecular complexity index is 818. The number of rotatable bonds is 4. The van der Waals surface area contributed by atoms with E-state index < -0.39 is 4.92 Å². The van der Waals surface area contributed by atoms with Gasteiger partial charge in [-0.2, -0.15) is 0 Å². The van der Waals surface area contributed by atoms with Crippen LogP contribution in [0, 0.1) is 17.0 Å². The number of nitro benzene ring substituents is 1. The lowest BCUT2D eigenvalue weighted by Gasteiger charge is -2.05. The number of hydrogen-bond donors (Lipinski definition) is 0. The first-order valence-corrected chi connectivity index (χ1v) is 6.64. The average Bonchev–Trinajstić information content (AvgIpc) is 3.00. The second-order valence-electron chi connectivity index (χ2n) is 4.94. The lowest BCUT2D eigenvalue weighted by molar-refractivity contribution is -0.384. The maximum Gasteiger partial charge on any atom is 0.271 e. The van der Waals surface area contributed by atoms with E-state index >= 15 is 0 Å². The van der Waals surface area contributed by atoms with Crippen LogP contribution in [0.2, 0.25) is 0 Å². The molecule has 0 N–H and O–H groups in total. The molecule has 0 bridgehead atoms. The zero-order valence-corrected chi connectivity index (χ0v) is 11.9. The molecule has 108 valence electrons. The van der Waals surface area contributed by atoms with E-state index in [-0.39, 0.29) is 5.69 Å². The van der Waals surface area contributed by atoms with Gasteiger partial charge < -0.3 is 9.13 Å². The lowest BCUT2D eigenvalue weighted by Crippen LogP contribution is -2.06. The third-order valence-electron chi connectivity index (χ3n) is 3.67. The molecular formula is C14H15N5O2. The molecule has 21 heavy (non-hydrogen) atoms. The molecular weight excluding hydrogens is 270 g/mol. The normalized spacial score (nSPS) is 11.1. The molecule has 0 spiro atoms. The molecule has 0 aliphatic carbocycles. The first-order valence-electron chi connectivity index (χ1n) is 6.64. The van der Waals surface area contributed by atoms with E-state index in [0.29, 0.717) is 5.52 Å². The molecule has 0 aliphatic rings. The van der Waals surface area contributed by atoms with Gasteiger partial charge in [0.15, 0.2) is 0 Å². The maximum atomic E-state index is 10.8. The van der Waals surface area contributed by atoms with E-state index in [2.05, 4.69) is 14.5 Å². The predicted molar refractivity (Wildman–Crippen MR) is 78.0 cm³/mol. The lowest BCUT2D eigenvalue weighted by atomic mass is 10.3. The highest BCUT2D eigenvalue weighted by Gasteiger charge is 2.12. The summed E-state index contributed by atoms with van der Waals surface area (Å²) in [5.41, 5.74) is 1.62. The third kappa shape index (κ3) is 2.37. The molecule has 0 unspecified atom stereocenters. The van der Waals surface area contributed by atoms with Crippen LogP contribution in [0.15, 0.2) is 30.6 Å². The summed E-state index contributed by atoms with van der Waals surface area (Å²) in [6.07, 6.45) is 4.45. The Morgan fingerprint density at radius 2 is 2.19 bits per heavy atom. The molecule has 0 amide bonds. The monoisotopic (exact) mass is 285 g/mol. The van der Waals surface area contributed by atoms with Gasteiger partial charge in [0, 0.05) is 44.5 Å². The van der Waals surface area contributed by atoms with Gasteiger partial charge in [0.05, 0.1) is 16.0 Å². The fourth-order valence-electron chi connectivity index (χ4n) is 2.44. The second-order valence-corrected chi connectivity index (χ2v) is 4.94. The van der Waals surface area contributed by atoms with Crippen LogP contribution in [-0.4, -0.2) is 24.0 Å². The Morgan fingerprint density at radius 1 is 1.38 bits per heavy atom. The zero-order chi connectivity index (χ0) is 15.0. The number of nitro groups is 1. The van der Waals surface area contributed by atoms with E-state index in [1.165, 1.54) is 12.1 Å². The number of imidazole rings is 2. The number of hydrogen-bond acceptors (Lipinski definition) is 4. The summed E-state index contributed by atoms with van der Waals surface area (Å²) < 4.78 is 4.03. The second kappa shape index (κ2) is 5.01. The molecule has 0 radical (unpaired) electrons. The van der Waals surface area contributed by atoms with Crippen molar-refractivity contribution in [2.45, 2.75) is 19.9 Å². The molecule has 0 saturated heterocycles. The van der Waals surface area contributed by atoms with Crippen molar-refractivity contribution in [3.8, 4) is 0 Å². The predicted octanol–water partition coefficient (Wildman–Crippen LogP) is 2.23. The molecule has 0 fully saturated rings. The first kappa shape index (κ1) is 13.3. The van der Waals surface area contributed by atoms with Gasteiger partial charge in [-0.3, -0.25) is 10.1 Å². The standard InChI is InChI=1S/C14H15N5O2/c1-10-15-6-8-18(10)7-5-14-16-12-9-11(19(20)21)3-4-13(12)17(14)2/h3-4,6,8-9H,5,7H2,1-2H3. The third-order valence-corrected chi connectivity index (χ3v) is 3.67. The fraction of sp³-hybridized carbons (Fsp3) is 0.286. The molecule has 2 heterocycles. The van der Waals surface area contributed by atoms with Gasteiger partial charge in [0.2, 0.25) is 0 Å². The molecule has 0 aliphatic heterocycles. The number of benzene rings is 1. The Kier molecular flexibility index (Phi) is 3.17. The van der Waals surface area contributed by atoms with Crippen LogP contribution in [-0.2, 0) is 20.0 Å². The van der Waals surface area contributed by atoms with Gasteiger partial charge in [0.25, 0.3) is 5.69 Å². The molecule has 2 aromatic heterocycles. The van der Waals surface area contributed by atoms with Crippen molar-refractivity contribution in [3.05, 3.63) is 52.4 Å². The van der Waals surface area contributed by atoms with Crippen molar-refractivity contribution in [1.29, 1.82) is 0 Å². The Labute approximate surface area is 121 Å². The van der Waals surface area contributed by atoms with Crippen LogP contribution in [0.25, 0.3) is 11.0 Å². The summed E-state index contributed by atoms with van der Waals surface area (Å²) in [6.45, 7) is 2.74. The van der Waals surface area contributed by atoms with Crippen molar-refractivity contribution in [2.24, 2.45) is 7.05 Å². The van der Waals surface area contributed by atoms with Gasteiger partial charge in [0.1, 0.15) is 11.6 Å². The molecule has 7 heteroatoms. The number of aromatic nitrogens is 4. The fourth-order valence-corrected chi connectivity index (χ4v) is 2.44. The molecule has 3 rings (SSSR count). The minimum absolute atomic E-state index is 0.0672. The number of fused-ring (bicyclic) bond motifs is 1. The van der Waals surface area contributed by atoms with Crippen LogP contribution in [0.3, 0.4) is 0 Å². The van der Waals surface area contributed by atoms with Crippen molar-refractivity contribution in [2.75, 3.05) is 0 Å². The quantitative estimate of drug-likeness (QED) is 0.544. The van der Waals surface area contributed by atoms with Crippen LogP contribution in [0.1, 0.15) is 11.6 Å². The molecule has 3 aromatic rings. The Balaban J connectivity index is 1.90. The molecule has 7 nitrogen and oxygen atoms in total. The molecule has 0 atom stereocenters. The zero-order valence-electron chi connectivity index (χ0n) is 11.9. The average molecular weight is 285 g/mol. The van der Waals surface area contributed by atoms with Gasteiger partial charge in [-0.1, -0.05) is 0 Å². The SMILES string of the molecule is Cc1nccn1CCc1nc2cc([N+](=O)[O-])ccc2n1C. The molecule has 1 aromatic carbocycles. The summed E-state index contributed by atoms with van der Waals surface area (Å²) in [5, 5.41) is 10.8. The van der Waals surface area contributed by atoms with E-state index in [0.717, 1.165) is 30.1 Å². The summed E-state index contributed by atoms with van der Waals surface area (Å²) >= 11 is 0. The summed E-state index contributed by atoms with van der Waals surface area (Å²) in [5.74, 6) is 1.86. The highest BCUT2D eigenvalue weighted by Crippen LogP contribution is 2.21. The Morgan fingerprint density at radius 3 is 2.86 bits per heavy atom. The van der Waals surface area contributed by atoms with Gasteiger partial charge in [-0.15, -0.1) is 0 Å². The largest absolute Gasteiger partial charge is 0.335 e. The van der Waals surface area contributed by atoms with Crippen molar-refractivity contribution < 1.29 is 4.92 Å². The van der Waals surface area contributed by atoms with E-state index in [4.69, 9.17) is 0 Å². The van der Waals surface area contributed by atoms with Crippen LogP contribution < -0.4 is 0 Å². The summed E-state index contributed by atoms with van der Waals surface area (Å²) in [4.78, 5) is 19.1. The molecule has 0 saturated carbocycles. The smallest absolute Gasteiger partial charge is 0.271 e. The van der Waals surface area contributed by atoms with Crippen LogP contribution >= 0.6 is 0 Å². The topological polar surface area (TPSA) is 78.8 Å². The van der Waals surface area contributed by atoms with E-state index in [1.807, 2.05) is 24.7 Å². The number of non-ortho nitro benzene ring substituents is 1. The van der Waals surface area contributed by atoms with Gasteiger partial charge >= 0.3 is 0 Å². The summed E-state index contributed by atoms with van der Waals surface area (Å²) in [6, 6.07) is 4.77. The summed E-state index contributed by atoms with van der Waals surface area (Å²) in [7, 11) is 1.93. The van der Waals surface area contributed by atoms with E-state index in [9.17, 15) is 10.1 Å². The van der Waals surface area contributed by atoms with E-state index in [1.54, 1.807) is 12.3 Å².